The van der Waals surface area contributed by atoms with Gasteiger partial charge in [0.05, 0.1) is 11.8 Å². The minimum absolute atomic E-state index is 0.230. The first kappa shape index (κ1) is 11.6. The lowest BCUT2D eigenvalue weighted by Crippen LogP contribution is -2.40. The van der Waals surface area contributed by atoms with E-state index in [4.69, 9.17) is 4.98 Å². The molecule has 102 valence electrons. The number of piperidine rings is 1. The Morgan fingerprint density at radius 2 is 2.26 bits per heavy atom. The molecule has 2 N–H and O–H groups in total. The summed E-state index contributed by atoms with van der Waals surface area (Å²) in [7, 11) is 0. The van der Waals surface area contributed by atoms with E-state index >= 15 is 0 Å². The Balaban J connectivity index is 1.63. The van der Waals surface area contributed by atoms with Crippen molar-refractivity contribution in [3.8, 4) is 0 Å². The third-order valence-electron chi connectivity index (χ3n) is 4.62. The van der Waals surface area contributed by atoms with Gasteiger partial charge in [-0.25, -0.2) is 9.97 Å². The maximum atomic E-state index is 9.77. The van der Waals surface area contributed by atoms with Crippen molar-refractivity contribution in [2.45, 2.75) is 50.3 Å². The van der Waals surface area contributed by atoms with E-state index in [1.807, 2.05) is 6.20 Å². The molecule has 3 atom stereocenters. The number of rotatable bonds is 1. The topological polar surface area (TPSA) is 61.3 Å². The monoisotopic (exact) mass is 260 g/mol. The Kier molecular flexibility index (Phi) is 2.70. The van der Waals surface area contributed by atoms with Gasteiger partial charge in [-0.05, 0) is 25.7 Å². The van der Waals surface area contributed by atoms with Crippen molar-refractivity contribution in [2.24, 2.45) is 0 Å². The number of nitrogens with zero attached hydrogens (tertiary/aromatic N) is 3. The molecule has 0 aromatic carbocycles. The number of hydrogen-bond donors (Lipinski definition) is 2. The molecule has 0 amide bonds. The molecule has 1 aromatic rings. The summed E-state index contributed by atoms with van der Waals surface area (Å²) >= 11 is 0. The summed E-state index contributed by atoms with van der Waals surface area (Å²) in [6.45, 7) is 1.63. The molecule has 2 saturated heterocycles. The molecule has 3 unspecified atom stereocenters. The lowest BCUT2D eigenvalue weighted by atomic mass is 10.0. The quantitative estimate of drug-likeness (QED) is 0.781. The van der Waals surface area contributed by atoms with Gasteiger partial charge in [0, 0.05) is 43.4 Å². The maximum absolute atomic E-state index is 9.77. The predicted molar refractivity (Wildman–Crippen MR) is 72.1 cm³/mol. The van der Waals surface area contributed by atoms with E-state index in [2.05, 4.69) is 15.2 Å². The van der Waals surface area contributed by atoms with Crippen molar-refractivity contribution >= 4 is 5.95 Å². The normalized spacial score (nSPS) is 33.3. The van der Waals surface area contributed by atoms with Crippen LogP contribution in [0, 0.1) is 0 Å². The largest absolute Gasteiger partial charge is 0.391 e. The predicted octanol–water partition coefficient (Wildman–Crippen LogP) is 0.787. The molecule has 4 heterocycles. The van der Waals surface area contributed by atoms with Crippen LogP contribution >= 0.6 is 0 Å². The van der Waals surface area contributed by atoms with Crippen LogP contribution in [0.5, 0.6) is 0 Å². The second-order valence-corrected chi connectivity index (χ2v) is 6.01. The standard InChI is InChI=1S/C14H20N4O/c19-10-2-1-5-18(8-10)14-15-7-11-12-4-3-9(16-12)6-13(11)17-14/h7,9-10,12,16,19H,1-6,8H2. The minimum atomic E-state index is -0.230. The lowest BCUT2D eigenvalue weighted by molar-refractivity contribution is 0.153. The van der Waals surface area contributed by atoms with Crippen LogP contribution < -0.4 is 10.2 Å². The molecule has 3 aliphatic heterocycles. The lowest BCUT2D eigenvalue weighted by Gasteiger charge is -2.31. The summed E-state index contributed by atoms with van der Waals surface area (Å²) in [5.41, 5.74) is 2.51. The van der Waals surface area contributed by atoms with Crippen LogP contribution in [0.1, 0.15) is 43.0 Å². The molecule has 0 spiro atoms. The molecule has 5 heteroatoms. The van der Waals surface area contributed by atoms with Gasteiger partial charge in [-0.3, -0.25) is 0 Å². The van der Waals surface area contributed by atoms with E-state index in [0.717, 1.165) is 31.8 Å². The number of hydrogen-bond acceptors (Lipinski definition) is 5. The summed E-state index contributed by atoms with van der Waals surface area (Å²) in [6, 6.07) is 1.07. The van der Waals surface area contributed by atoms with Crippen molar-refractivity contribution in [3.63, 3.8) is 0 Å². The fourth-order valence-electron chi connectivity index (χ4n) is 3.62. The van der Waals surface area contributed by atoms with E-state index in [1.54, 1.807) is 0 Å². The zero-order valence-corrected chi connectivity index (χ0v) is 11.0. The molecular weight excluding hydrogens is 240 g/mol. The first-order chi connectivity index (χ1) is 9.29. The van der Waals surface area contributed by atoms with Crippen molar-refractivity contribution < 1.29 is 5.11 Å². The van der Waals surface area contributed by atoms with Crippen LogP contribution in [0.2, 0.25) is 0 Å². The molecule has 2 fully saturated rings. The molecule has 0 aliphatic carbocycles. The SMILES string of the molecule is OC1CCCN(c2ncc3c(n2)CC2CCC3N2)C1. The van der Waals surface area contributed by atoms with Crippen LogP contribution in [-0.4, -0.2) is 40.3 Å². The van der Waals surface area contributed by atoms with Crippen molar-refractivity contribution in [1.82, 2.24) is 15.3 Å². The Bertz CT molecular complexity index is 492. The van der Waals surface area contributed by atoms with E-state index in [-0.39, 0.29) is 6.10 Å². The van der Waals surface area contributed by atoms with Gasteiger partial charge >= 0.3 is 0 Å². The Hall–Kier alpha value is -1.20. The van der Waals surface area contributed by atoms with Crippen molar-refractivity contribution in [3.05, 3.63) is 17.5 Å². The number of aliphatic hydroxyl groups excluding tert-OH is 1. The number of β-amino-alcohol motifs (C(OH)–C–C–N with tert-alkyl or cyclic N) is 1. The molecule has 3 aliphatic rings. The van der Waals surface area contributed by atoms with Crippen LogP contribution in [-0.2, 0) is 6.42 Å². The van der Waals surface area contributed by atoms with Crippen molar-refractivity contribution in [2.75, 3.05) is 18.0 Å². The molecule has 5 nitrogen and oxygen atoms in total. The van der Waals surface area contributed by atoms with Gasteiger partial charge in [0.1, 0.15) is 0 Å². The number of anilines is 1. The molecule has 19 heavy (non-hydrogen) atoms. The van der Waals surface area contributed by atoms with Gasteiger partial charge < -0.3 is 15.3 Å². The summed E-state index contributed by atoms with van der Waals surface area (Å²) in [6.07, 6.45) is 7.17. The van der Waals surface area contributed by atoms with Gasteiger partial charge in [-0.2, -0.15) is 0 Å². The van der Waals surface area contributed by atoms with Gasteiger partial charge in [0.15, 0.2) is 0 Å². The fraction of sp³-hybridized carbons (Fsp3) is 0.714. The Morgan fingerprint density at radius 1 is 1.32 bits per heavy atom. The van der Waals surface area contributed by atoms with Crippen LogP contribution in [0.15, 0.2) is 6.20 Å². The minimum Gasteiger partial charge on any atom is -0.391 e. The summed E-state index contributed by atoms with van der Waals surface area (Å²) < 4.78 is 0. The van der Waals surface area contributed by atoms with E-state index in [9.17, 15) is 5.11 Å². The maximum Gasteiger partial charge on any atom is 0.225 e. The average Bonchev–Trinajstić information content (AvgIpc) is 2.81. The molecule has 0 saturated carbocycles. The summed E-state index contributed by atoms with van der Waals surface area (Å²) in [5, 5.41) is 13.4. The highest BCUT2D eigenvalue weighted by Gasteiger charge is 2.33. The van der Waals surface area contributed by atoms with Crippen LogP contribution in [0.3, 0.4) is 0 Å². The van der Waals surface area contributed by atoms with Crippen LogP contribution in [0.25, 0.3) is 0 Å². The van der Waals surface area contributed by atoms with E-state index < -0.39 is 0 Å². The third kappa shape index (κ3) is 2.01. The zero-order valence-electron chi connectivity index (χ0n) is 11.0. The number of aromatic nitrogens is 2. The van der Waals surface area contributed by atoms with Crippen molar-refractivity contribution in [1.29, 1.82) is 0 Å². The van der Waals surface area contributed by atoms with Gasteiger partial charge in [0.25, 0.3) is 0 Å². The molecule has 1 aromatic heterocycles. The highest BCUT2D eigenvalue weighted by Crippen LogP contribution is 2.35. The smallest absolute Gasteiger partial charge is 0.225 e. The highest BCUT2D eigenvalue weighted by molar-refractivity contribution is 5.37. The fourth-order valence-corrected chi connectivity index (χ4v) is 3.62. The molecule has 0 radical (unpaired) electrons. The Morgan fingerprint density at radius 3 is 3.16 bits per heavy atom. The molecular formula is C14H20N4O. The van der Waals surface area contributed by atoms with E-state index in [0.29, 0.717) is 18.6 Å². The Labute approximate surface area is 113 Å². The van der Waals surface area contributed by atoms with Gasteiger partial charge in [0.2, 0.25) is 5.95 Å². The van der Waals surface area contributed by atoms with Gasteiger partial charge in [-0.15, -0.1) is 0 Å². The molecule has 2 bridgehead atoms. The van der Waals surface area contributed by atoms with Crippen LogP contribution in [0.4, 0.5) is 5.95 Å². The first-order valence-corrected chi connectivity index (χ1v) is 7.34. The molecule has 4 rings (SSSR count). The average molecular weight is 260 g/mol. The second-order valence-electron chi connectivity index (χ2n) is 6.01. The summed E-state index contributed by atoms with van der Waals surface area (Å²) in [4.78, 5) is 11.4. The number of fused-ring (bicyclic) bond motifs is 4. The van der Waals surface area contributed by atoms with Gasteiger partial charge in [-0.1, -0.05) is 0 Å². The number of nitrogens with one attached hydrogen (secondary N) is 1. The summed E-state index contributed by atoms with van der Waals surface area (Å²) in [5.74, 6) is 0.804. The number of aliphatic hydroxyl groups is 1. The van der Waals surface area contributed by atoms with E-state index in [1.165, 1.54) is 24.1 Å². The first-order valence-electron chi connectivity index (χ1n) is 7.34. The third-order valence-corrected chi connectivity index (χ3v) is 4.62. The zero-order chi connectivity index (χ0) is 12.8. The highest BCUT2D eigenvalue weighted by atomic mass is 16.3. The second kappa shape index (κ2) is 4.42.